The fourth-order valence-corrected chi connectivity index (χ4v) is 2.81. The van der Waals surface area contributed by atoms with Gasteiger partial charge in [-0.1, -0.05) is 19.8 Å². The molecule has 1 aliphatic carbocycles. The number of carbonyl (C=O) groups excluding carboxylic acids is 1. The smallest absolute Gasteiger partial charge is 0.226 e. The van der Waals surface area contributed by atoms with Crippen molar-refractivity contribution < 1.29 is 15.0 Å². The molecule has 0 heterocycles. The Balaban J connectivity index is 2.67. The second-order valence-corrected chi connectivity index (χ2v) is 5.81. The minimum absolute atomic E-state index is 0.0660. The van der Waals surface area contributed by atoms with E-state index in [2.05, 4.69) is 6.92 Å². The molecular weight excluding hydrogens is 230 g/mol. The van der Waals surface area contributed by atoms with Crippen LogP contribution in [0.15, 0.2) is 0 Å². The van der Waals surface area contributed by atoms with Gasteiger partial charge in [0.15, 0.2) is 0 Å². The fraction of sp³-hybridized carbons (Fsp3) is 0.929. The first-order valence-electron chi connectivity index (χ1n) is 7.06. The Morgan fingerprint density at radius 1 is 1.17 bits per heavy atom. The zero-order valence-electron chi connectivity index (χ0n) is 11.8. The number of hydrogen-bond donors (Lipinski definition) is 2. The average molecular weight is 257 g/mol. The molecule has 0 aliphatic heterocycles. The molecule has 0 spiro atoms. The standard InChI is InChI=1S/C14H27NO3/c1-10-6-4-5-7-13(10)14(18)15(8-11(2)16)9-12(3)17/h10-13,16-17H,4-9H2,1-3H3. The van der Waals surface area contributed by atoms with Gasteiger partial charge in [0.1, 0.15) is 0 Å². The maximum atomic E-state index is 12.5. The molecule has 1 amide bonds. The molecule has 0 saturated heterocycles. The molecule has 0 radical (unpaired) electrons. The van der Waals surface area contributed by atoms with Crippen LogP contribution < -0.4 is 0 Å². The van der Waals surface area contributed by atoms with Crippen molar-refractivity contribution in [3.05, 3.63) is 0 Å². The van der Waals surface area contributed by atoms with Crippen molar-refractivity contribution in [3.63, 3.8) is 0 Å². The minimum atomic E-state index is -0.549. The van der Waals surface area contributed by atoms with Gasteiger partial charge in [0.25, 0.3) is 0 Å². The van der Waals surface area contributed by atoms with E-state index in [1.54, 1.807) is 18.7 Å². The molecule has 1 saturated carbocycles. The molecule has 0 bridgehead atoms. The Morgan fingerprint density at radius 3 is 2.11 bits per heavy atom. The predicted molar refractivity (Wildman–Crippen MR) is 71.1 cm³/mol. The molecule has 4 unspecified atom stereocenters. The summed E-state index contributed by atoms with van der Waals surface area (Å²) in [5.41, 5.74) is 0. The zero-order chi connectivity index (χ0) is 13.7. The Hall–Kier alpha value is -0.610. The molecule has 0 aromatic heterocycles. The van der Waals surface area contributed by atoms with Crippen LogP contribution in [0, 0.1) is 11.8 Å². The van der Waals surface area contributed by atoms with Gasteiger partial charge in [0.2, 0.25) is 5.91 Å². The Morgan fingerprint density at radius 2 is 1.67 bits per heavy atom. The van der Waals surface area contributed by atoms with Crippen molar-refractivity contribution in [2.75, 3.05) is 13.1 Å². The summed E-state index contributed by atoms with van der Waals surface area (Å²) in [6, 6.07) is 0. The first kappa shape index (κ1) is 15.4. The molecule has 18 heavy (non-hydrogen) atoms. The van der Waals surface area contributed by atoms with Crippen LogP contribution in [0.5, 0.6) is 0 Å². The van der Waals surface area contributed by atoms with E-state index in [4.69, 9.17) is 0 Å². The van der Waals surface area contributed by atoms with Gasteiger partial charge in [-0.15, -0.1) is 0 Å². The number of hydrogen-bond acceptors (Lipinski definition) is 3. The summed E-state index contributed by atoms with van der Waals surface area (Å²) >= 11 is 0. The summed E-state index contributed by atoms with van der Waals surface area (Å²) in [6.07, 6.45) is 3.26. The average Bonchev–Trinajstić information content (AvgIpc) is 2.26. The molecule has 1 rings (SSSR count). The highest BCUT2D eigenvalue weighted by atomic mass is 16.3. The highest BCUT2D eigenvalue weighted by molar-refractivity contribution is 5.79. The fourth-order valence-electron chi connectivity index (χ4n) is 2.81. The second kappa shape index (κ2) is 7.10. The Labute approximate surface area is 110 Å². The van der Waals surface area contributed by atoms with Crippen LogP contribution in [0.25, 0.3) is 0 Å². The van der Waals surface area contributed by atoms with Crippen molar-refractivity contribution >= 4 is 5.91 Å². The predicted octanol–water partition coefficient (Wildman–Crippen LogP) is 1.40. The molecular formula is C14H27NO3. The van der Waals surface area contributed by atoms with Gasteiger partial charge < -0.3 is 15.1 Å². The molecule has 0 aromatic carbocycles. The lowest BCUT2D eigenvalue weighted by Crippen LogP contribution is -2.45. The molecule has 2 N–H and O–H groups in total. The number of amides is 1. The topological polar surface area (TPSA) is 60.8 Å². The summed E-state index contributed by atoms with van der Waals surface area (Å²) in [5.74, 6) is 0.581. The van der Waals surface area contributed by atoms with Gasteiger partial charge >= 0.3 is 0 Å². The number of carbonyl (C=O) groups is 1. The van der Waals surface area contributed by atoms with Crippen LogP contribution in [-0.2, 0) is 4.79 Å². The highest BCUT2D eigenvalue weighted by Crippen LogP contribution is 2.31. The maximum absolute atomic E-state index is 12.5. The lowest BCUT2D eigenvalue weighted by Gasteiger charge is -2.34. The number of rotatable bonds is 5. The molecule has 1 fully saturated rings. The van der Waals surface area contributed by atoms with Crippen LogP contribution >= 0.6 is 0 Å². The van der Waals surface area contributed by atoms with Crippen LogP contribution in [0.2, 0.25) is 0 Å². The first-order chi connectivity index (χ1) is 8.41. The van der Waals surface area contributed by atoms with E-state index in [0.29, 0.717) is 19.0 Å². The van der Waals surface area contributed by atoms with Gasteiger partial charge in [0.05, 0.1) is 12.2 Å². The molecule has 106 valence electrons. The van der Waals surface area contributed by atoms with Crippen LogP contribution in [0.4, 0.5) is 0 Å². The van der Waals surface area contributed by atoms with E-state index in [1.165, 1.54) is 6.42 Å². The summed E-state index contributed by atoms with van der Waals surface area (Å²) in [6.45, 7) is 6.10. The van der Waals surface area contributed by atoms with Gasteiger partial charge in [0, 0.05) is 19.0 Å². The quantitative estimate of drug-likeness (QED) is 0.782. The largest absolute Gasteiger partial charge is 0.392 e. The summed E-state index contributed by atoms with van der Waals surface area (Å²) < 4.78 is 0. The lowest BCUT2D eigenvalue weighted by molar-refractivity contribution is -0.141. The maximum Gasteiger partial charge on any atom is 0.226 e. The number of nitrogens with zero attached hydrogens (tertiary/aromatic N) is 1. The van der Waals surface area contributed by atoms with Gasteiger partial charge in [-0.05, 0) is 32.6 Å². The van der Waals surface area contributed by atoms with E-state index >= 15 is 0 Å². The minimum Gasteiger partial charge on any atom is -0.392 e. The molecule has 0 aromatic rings. The van der Waals surface area contributed by atoms with Crippen LogP contribution in [0.3, 0.4) is 0 Å². The van der Waals surface area contributed by atoms with Crippen LogP contribution in [0.1, 0.15) is 46.5 Å². The van der Waals surface area contributed by atoms with Gasteiger partial charge in [-0.2, -0.15) is 0 Å². The third kappa shape index (κ3) is 4.58. The van der Waals surface area contributed by atoms with E-state index < -0.39 is 12.2 Å². The number of aliphatic hydroxyl groups is 2. The molecule has 4 atom stereocenters. The zero-order valence-corrected chi connectivity index (χ0v) is 11.8. The summed E-state index contributed by atoms with van der Waals surface area (Å²) in [7, 11) is 0. The van der Waals surface area contributed by atoms with Crippen molar-refractivity contribution in [2.45, 2.75) is 58.7 Å². The number of aliphatic hydroxyl groups excluding tert-OH is 2. The van der Waals surface area contributed by atoms with Crippen molar-refractivity contribution in [1.82, 2.24) is 4.90 Å². The first-order valence-corrected chi connectivity index (χ1v) is 7.06. The third-order valence-electron chi connectivity index (χ3n) is 3.71. The van der Waals surface area contributed by atoms with E-state index in [0.717, 1.165) is 19.3 Å². The third-order valence-corrected chi connectivity index (χ3v) is 3.71. The Bertz CT molecular complexity index is 256. The molecule has 1 aliphatic rings. The Kier molecular flexibility index (Phi) is 6.09. The van der Waals surface area contributed by atoms with Crippen molar-refractivity contribution in [1.29, 1.82) is 0 Å². The van der Waals surface area contributed by atoms with Crippen molar-refractivity contribution in [2.24, 2.45) is 11.8 Å². The van der Waals surface area contributed by atoms with Gasteiger partial charge in [-0.25, -0.2) is 0 Å². The van der Waals surface area contributed by atoms with Gasteiger partial charge in [-0.3, -0.25) is 4.79 Å². The van der Waals surface area contributed by atoms with E-state index in [9.17, 15) is 15.0 Å². The normalized spacial score (nSPS) is 27.6. The van der Waals surface area contributed by atoms with Crippen molar-refractivity contribution in [3.8, 4) is 0 Å². The molecule has 4 nitrogen and oxygen atoms in total. The second-order valence-electron chi connectivity index (χ2n) is 5.81. The van der Waals surface area contributed by atoms with Crippen LogP contribution in [-0.4, -0.2) is 46.3 Å². The van der Waals surface area contributed by atoms with E-state index in [1.807, 2.05) is 0 Å². The summed E-state index contributed by atoms with van der Waals surface area (Å²) in [5, 5.41) is 18.9. The monoisotopic (exact) mass is 257 g/mol. The summed E-state index contributed by atoms with van der Waals surface area (Å²) in [4.78, 5) is 14.1. The molecule has 4 heteroatoms. The SMILES string of the molecule is CC(O)CN(CC(C)O)C(=O)C1CCCCC1C. The lowest BCUT2D eigenvalue weighted by atomic mass is 9.79. The highest BCUT2D eigenvalue weighted by Gasteiger charge is 2.31. The van der Waals surface area contributed by atoms with E-state index in [-0.39, 0.29) is 11.8 Å².